The molecule has 0 unspecified atom stereocenters. The Kier molecular flexibility index (Phi) is 9.80. The van der Waals surface area contributed by atoms with Crippen molar-refractivity contribution < 1.29 is 27.1 Å². The van der Waals surface area contributed by atoms with Gasteiger partial charge in [-0.15, -0.1) is 0 Å². The fourth-order valence-electron chi connectivity index (χ4n) is 3.56. The lowest BCUT2D eigenvalue weighted by molar-refractivity contribution is 0.0991. The van der Waals surface area contributed by atoms with Crippen molar-refractivity contribution in [3.63, 3.8) is 0 Å². The number of halogens is 5. The molecule has 41 heavy (non-hydrogen) atoms. The van der Waals surface area contributed by atoms with Gasteiger partial charge in [-0.3, -0.25) is 4.79 Å². The predicted molar refractivity (Wildman–Crippen MR) is 155 cm³/mol. The zero-order valence-electron chi connectivity index (χ0n) is 21.7. The van der Waals surface area contributed by atoms with Crippen molar-refractivity contribution in [3.8, 4) is 28.7 Å². The second-order valence-electron chi connectivity index (χ2n) is 8.58. The highest BCUT2D eigenvalue weighted by atomic mass is 79.9. The van der Waals surface area contributed by atoms with Gasteiger partial charge in [-0.05, 0) is 74.5 Å². The average molecular weight is 665 g/mol. The normalized spacial score (nSPS) is 10.7. The third-order valence-corrected chi connectivity index (χ3v) is 6.80. The molecule has 5 rings (SSSR count). The second-order valence-corrected chi connectivity index (χ2v) is 10.0. The third-order valence-electron chi connectivity index (χ3n) is 5.76. The smallest absolute Gasteiger partial charge is 0.254 e. The molecule has 12 heteroatoms. The van der Waals surface area contributed by atoms with E-state index >= 15 is 0 Å². The summed E-state index contributed by atoms with van der Waals surface area (Å²) in [5.74, 6) is -1.41. The Balaban J connectivity index is 0.000000218. The summed E-state index contributed by atoms with van der Waals surface area (Å²) in [4.78, 5) is 19.8. The topological polar surface area (TPSA) is 104 Å². The van der Waals surface area contributed by atoms with E-state index in [0.29, 0.717) is 44.2 Å². The van der Waals surface area contributed by atoms with Crippen LogP contribution >= 0.6 is 39.1 Å². The summed E-state index contributed by atoms with van der Waals surface area (Å²) in [7, 11) is 0. The van der Waals surface area contributed by atoms with Crippen molar-refractivity contribution >= 4 is 45.0 Å². The highest BCUT2D eigenvalue weighted by molar-refractivity contribution is 9.08. The van der Waals surface area contributed by atoms with Gasteiger partial charge < -0.3 is 19.3 Å². The van der Waals surface area contributed by atoms with Gasteiger partial charge in [0.25, 0.3) is 5.91 Å². The number of hydrogen-bond acceptors (Lipinski definition) is 6. The summed E-state index contributed by atoms with van der Waals surface area (Å²) in [5, 5.41) is 2.00. The first kappa shape index (κ1) is 30.2. The fourth-order valence-corrected chi connectivity index (χ4v) is 4.33. The van der Waals surface area contributed by atoms with Crippen molar-refractivity contribution in [2.75, 3.05) is 0 Å². The maximum absolute atomic E-state index is 14.2. The highest BCUT2D eigenvalue weighted by Crippen LogP contribution is 2.27. The zero-order valence-corrected chi connectivity index (χ0v) is 24.8. The first-order chi connectivity index (χ1) is 19.6. The van der Waals surface area contributed by atoms with Crippen LogP contribution in [0.5, 0.6) is 5.75 Å². The maximum atomic E-state index is 14.2. The molecule has 212 valence electrons. The van der Waals surface area contributed by atoms with Gasteiger partial charge in [0.15, 0.2) is 11.6 Å². The van der Waals surface area contributed by atoms with Crippen molar-refractivity contribution in [2.24, 2.45) is 5.73 Å². The summed E-state index contributed by atoms with van der Waals surface area (Å²) in [6, 6.07) is 16.3. The second kappa shape index (κ2) is 13.3. The SMILES string of the molecule is Cc1oc(-c2ccc(Cl)cc2)nc1CBr.Cc1oc(-c2ccc(Cl)cc2)nc1COc1ccc(F)c(C(N)=O)c1F. The minimum Gasteiger partial charge on any atom is -0.484 e. The highest BCUT2D eigenvalue weighted by Gasteiger charge is 2.20. The van der Waals surface area contributed by atoms with Crippen molar-refractivity contribution in [3.05, 3.63) is 111 Å². The van der Waals surface area contributed by atoms with E-state index in [1.165, 1.54) is 0 Å². The number of hydrogen-bond donors (Lipinski definition) is 1. The molecule has 5 aromatic rings. The molecule has 0 aliphatic heterocycles. The fraction of sp³-hybridized carbons (Fsp3) is 0.138. The first-order valence-corrected chi connectivity index (χ1v) is 13.9. The molecule has 3 aromatic carbocycles. The van der Waals surface area contributed by atoms with E-state index in [9.17, 15) is 13.6 Å². The van der Waals surface area contributed by atoms with Crippen molar-refractivity contribution in [2.45, 2.75) is 25.8 Å². The number of benzene rings is 3. The Morgan fingerprint density at radius 2 is 1.34 bits per heavy atom. The minimum absolute atomic E-state index is 0.135. The van der Waals surface area contributed by atoms with E-state index in [-0.39, 0.29) is 12.4 Å². The number of carbonyl (C=O) groups is 1. The van der Waals surface area contributed by atoms with Crippen LogP contribution in [0, 0.1) is 25.5 Å². The number of primary amides is 1. The summed E-state index contributed by atoms with van der Waals surface area (Å²) in [6.07, 6.45) is 0. The summed E-state index contributed by atoms with van der Waals surface area (Å²) >= 11 is 15.0. The number of aryl methyl sites for hydroxylation is 2. The molecule has 0 aliphatic carbocycles. The molecule has 7 nitrogen and oxygen atoms in total. The molecule has 0 radical (unpaired) electrons. The molecule has 0 saturated carbocycles. The molecule has 2 N–H and O–H groups in total. The molecule has 0 spiro atoms. The van der Waals surface area contributed by atoms with E-state index in [1.807, 2.05) is 31.2 Å². The summed E-state index contributed by atoms with van der Waals surface area (Å²) in [5.41, 5.74) is 7.15. The summed E-state index contributed by atoms with van der Waals surface area (Å²) in [6.45, 7) is 3.45. The number of oxazole rings is 2. The predicted octanol–water partition coefficient (Wildman–Crippen LogP) is 8.46. The van der Waals surface area contributed by atoms with Crippen LogP contribution < -0.4 is 10.5 Å². The molecule has 0 aliphatic rings. The van der Waals surface area contributed by atoms with Crippen LogP contribution in [0.4, 0.5) is 8.78 Å². The standard InChI is InChI=1S/C18H13ClF2N2O3.C11H9BrClNO/c1-9-13(23-18(26-9)10-2-4-11(19)5-3-10)8-25-14-7-6-12(20)15(16(14)21)17(22)24;1-7-10(6-12)14-11(15-7)8-2-4-9(13)5-3-8/h2-7H,8H2,1H3,(H2,22,24);2-5H,6H2,1H3. The van der Waals surface area contributed by atoms with Gasteiger partial charge in [0.2, 0.25) is 11.8 Å². The van der Waals surface area contributed by atoms with E-state index in [1.54, 1.807) is 31.2 Å². The minimum atomic E-state index is -1.21. The Morgan fingerprint density at radius 3 is 1.80 bits per heavy atom. The van der Waals surface area contributed by atoms with E-state index in [4.69, 9.17) is 42.5 Å². The molecule has 1 amide bonds. The molecule has 0 fully saturated rings. The number of ether oxygens (including phenoxy) is 1. The lowest BCUT2D eigenvalue weighted by atomic mass is 10.1. The number of carbonyl (C=O) groups excluding carboxylic acids is 1. The van der Waals surface area contributed by atoms with Crippen LogP contribution in [0.1, 0.15) is 33.3 Å². The van der Waals surface area contributed by atoms with Crippen molar-refractivity contribution in [1.82, 2.24) is 9.97 Å². The van der Waals surface area contributed by atoms with Gasteiger partial charge in [-0.25, -0.2) is 18.7 Å². The average Bonchev–Trinajstić information content (AvgIpc) is 3.51. The van der Waals surface area contributed by atoms with Crippen molar-refractivity contribution in [1.29, 1.82) is 0 Å². The molecule has 2 aromatic heterocycles. The Hall–Kier alpha value is -3.73. The molecule has 0 atom stereocenters. The molecule has 2 heterocycles. The van der Waals surface area contributed by atoms with E-state index in [0.717, 1.165) is 29.2 Å². The Bertz CT molecular complexity index is 1670. The summed E-state index contributed by atoms with van der Waals surface area (Å²) < 4.78 is 44.1. The van der Waals surface area contributed by atoms with Crippen LogP contribution in [0.25, 0.3) is 22.9 Å². The van der Waals surface area contributed by atoms with Gasteiger partial charge in [0, 0.05) is 26.5 Å². The number of nitrogens with zero attached hydrogens (tertiary/aromatic N) is 2. The largest absolute Gasteiger partial charge is 0.484 e. The van der Waals surface area contributed by atoms with Gasteiger partial charge in [0.1, 0.15) is 35.2 Å². The molecular formula is C29H22BrCl2F2N3O4. The maximum Gasteiger partial charge on any atom is 0.254 e. The lowest BCUT2D eigenvalue weighted by Gasteiger charge is -2.08. The van der Waals surface area contributed by atoms with Crippen LogP contribution in [0.2, 0.25) is 10.0 Å². The quantitative estimate of drug-likeness (QED) is 0.175. The van der Waals surface area contributed by atoms with Gasteiger partial charge in [0.05, 0.1) is 5.69 Å². The third kappa shape index (κ3) is 7.32. The van der Waals surface area contributed by atoms with Gasteiger partial charge in [-0.2, -0.15) is 0 Å². The monoisotopic (exact) mass is 663 g/mol. The Morgan fingerprint density at radius 1 is 0.854 bits per heavy atom. The number of rotatable bonds is 7. The van der Waals surface area contributed by atoms with E-state index < -0.39 is 23.1 Å². The van der Waals surface area contributed by atoms with Gasteiger partial charge >= 0.3 is 0 Å². The van der Waals surface area contributed by atoms with Crippen LogP contribution in [-0.2, 0) is 11.9 Å². The Labute approximate surface area is 252 Å². The van der Waals surface area contributed by atoms with E-state index in [2.05, 4.69) is 25.9 Å². The number of nitrogens with two attached hydrogens (primary N) is 1. The van der Waals surface area contributed by atoms with Crippen LogP contribution in [-0.4, -0.2) is 15.9 Å². The van der Waals surface area contributed by atoms with Crippen LogP contribution in [0.3, 0.4) is 0 Å². The molecule has 0 saturated heterocycles. The van der Waals surface area contributed by atoms with Gasteiger partial charge in [-0.1, -0.05) is 39.1 Å². The molecule has 0 bridgehead atoms. The van der Waals surface area contributed by atoms with Crippen LogP contribution in [0.15, 0.2) is 69.5 Å². The lowest BCUT2D eigenvalue weighted by Crippen LogP contribution is -2.16. The first-order valence-electron chi connectivity index (χ1n) is 12.0. The number of aromatic nitrogens is 2. The molecular weight excluding hydrogens is 643 g/mol. The zero-order chi connectivity index (χ0) is 29.7. The number of alkyl halides is 1. The number of amides is 1.